The highest BCUT2D eigenvalue weighted by Gasteiger charge is 2.26. The van der Waals surface area contributed by atoms with Gasteiger partial charge in [0.1, 0.15) is 10.8 Å². The van der Waals surface area contributed by atoms with Crippen molar-refractivity contribution < 1.29 is 4.79 Å². The number of imidazole rings is 1. The number of aromatic nitrogens is 5. The summed E-state index contributed by atoms with van der Waals surface area (Å²) in [5, 5.41) is 9.39. The van der Waals surface area contributed by atoms with Crippen molar-refractivity contribution in [2.75, 3.05) is 5.32 Å². The summed E-state index contributed by atoms with van der Waals surface area (Å²) in [6.07, 6.45) is 6.17. The molecule has 0 atom stereocenters. The second-order valence-corrected chi connectivity index (χ2v) is 10.3. The molecule has 7 nitrogen and oxygen atoms in total. The highest BCUT2D eigenvalue weighted by atomic mass is 32.1. The Labute approximate surface area is 201 Å². The lowest BCUT2D eigenvalue weighted by Gasteiger charge is -2.12. The van der Waals surface area contributed by atoms with Gasteiger partial charge in [-0.05, 0) is 70.2 Å². The SMILES string of the molecule is Cc1nc2c(cnn2C(C)C)cc1C(=O)Nc1sc2c(c1-c1nc3ccccc3[nH]1)CCCC2. The van der Waals surface area contributed by atoms with E-state index in [1.165, 1.54) is 16.9 Å². The summed E-state index contributed by atoms with van der Waals surface area (Å²) in [5.41, 5.74) is 6.34. The Bertz CT molecular complexity index is 1520. The molecule has 0 saturated carbocycles. The van der Waals surface area contributed by atoms with Crippen LogP contribution in [-0.2, 0) is 12.8 Å². The number of hydrogen-bond donors (Lipinski definition) is 2. The van der Waals surface area contributed by atoms with Crippen molar-refractivity contribution in [3.8, 4) is 11.4 Å². The second kappa shape index (κ2) is 8.06. The fourth-order valence-electron chi connectivity index (χ4n) is 4.82. The van der Waals surface area contributed by atoms with E-state index in [-0.39, 0.29) is 11.9 Å². The number of thiophene rings is 1. The third-order valence-corrected chi connectivity index (χ3v) is 7.73. The van der Waals surface area contributed by atoms with Crippen LogP contribution in [0.4, 0.5) is 5.00 Å². The molecule has 0 spiro atoms. The van der Waals surface area contributed by atoms with Gasteiger partial charge >= 0.3 is 0 Å². The van der Waals surface area contributed by atoms with Crippen LogP contribution in [-0.4, -0.2) is 30.6 Å². The summed E-state index contributed by atoms with van der Waals surface area (Å²) in [5.74, 6) is 0.666. The first kappa shape index (κ1) is 21.0. The molecule has 5 aromatic rings. The van der Waals surface area contributed by atoms with Gasteiger partial charge in [-0.25, -0.2) is 14.6 Å². The van der Waals surface area contributed by atoms with E-state index in [0.717, 1.165) is 57.7 Å². The van der Waals surface area contributed by atoms with Crippen LogP contribution in [0.2, 0.25) is 0 Å². The Morgan fingerprint density at radius 2 is 2.00 bits per heavy atom. The molecular weight excluding hydrogens is 444 g/mol. The maximum absolute atomic E-state index is 13.5. The van der Waals surface area contributed by atoms with Gasteiger partial charge in [-0.2, -0.15) is 5.10 Å². The number of rotatable bonds is 4. The fraction of sp³-hybridized carbons (Fsp3) is 0.308. The van der Waals surface area contributed by atoms with Crippen molar-refractivity contribution >= 4 is 44.3 Å². The zero-order chi connectivity index (χ0) is 23.4. The molecule has 34 heavy (non-hydrogen) atoms. The van der Waals surface area contributed by atoms with Gasteiger partial charge in [-0.15, -0.1) is 11.3 Å². The first-order valence-corrected chi connectivity index (χ1v) is 12.6. The smallest absolute Gasteiger partial charge is 0.258 e. The van der Waals surface area contributed by atoms with Crippen molar-refractivity contribution in [2.24, 2.45) is 0 Å². The number of carbonyl (C=O) groups excluding carboxylic acids is 1. The predicted octanol–water partition coefficient (Wildman–Crippen LogP) is 6.06. The lowest BCUT2D eigenvalue weighted by Crippen LogP contribution is -2.14. The Kier molecular flexibility index (Phi) is 4.99. The maximum atomic E-state index is 13.5. The summed E-state index contributed by atoms with van der Waals surface area (Å²) in [6, 6.07) is 10.1. The molecule has 0 saturated heterocycles. The highest BCUT2D eigenvalue weighted by Crippen LogP contribution is 2.44. The molecule has 8 heteroatoms. The number of aromatic amines is 1. The van der Waals surface area contributed by atoms with E-state index in [0.29, 0.717) is 11.3 Å². The summed E-state index contributed by atoms with van der Waals surface area (Å²) < 4.78 is 1.89. The summed E-state index contributed by atoms with van der Waals surface area (Å²) in [7, 11) is 0. The monoisotopic (exact) mass is 470 g/mol. The van der Waals surface area contributed by atoms with Crippen molar-refractivity contribution in [3.05, 3.63) is 58.2 Å². The van der Waals surface area contributed by atoms with E-state index in [1.807, 2.05) is 41.9 Å². The van der Waals surface area contributed by atoms with Crippen molar-refractivity contribution in [1.29, 1.82) is 0 Å². The van der Waals surface area contributed by atoms with Gasteiger partial charge in [0.2, 0.25) is 0 Å². The van der Waals surface area contributed by atoms with Crippen molar-refractivity contribution in [2.45, 2.75) is 52.5 Å². The quantitative estimate of drug-likeness (QED) is 0.334. The summed E-state index contributed by atoms with van der Waals surface area (Å²) >= 11 is 1.68. The van der Waals surface area contributed by atoms with E-state index in [2.05, 4.69) is 29.2 Å². The predicted molar refractivity (Wildman–Crippen MR) is 137 cm³/mol. The molecule has 2 N–H and O–H groups in total. The number of pyridine rings is 1. The number of aryl methyl sites for hydroxylation is 2. The van der Waals surface area contributed by atoms with Crippen molar-refractivity contribution in [3.63, 3.8) is 0 Å². The molecule has 172 valence electrons. The molecule has 4 aromatic heterocycles. The van der Waals surface area contributed by atoms with E-state index >= 15 is 0 Å². The molecule has 0 radical (unpaired) electrons. The van der Waals surface area contributed by atoms with Gasteiger partial charge in [-0.1, -0.05) is 12.1 Å². The van der Waals surface area contributed by atoms with Crippen LogP contribution in [0.5, 0.6) is 0 Å². The lowest BCUT2D eigenvalue weighted by atomic mass is 9.95. The molecule has 0 aliphatic heterocycles. The number of nitrogens with one attached hydrogen (secondary N) is 2. The van der Waals surface area contributed by atoms with E-state index in [9.17, 15) is 4.79 Å². The molecule has 1 amide bonds. The van der Waals surface area contributed by atoms with E-state index in [1.54, 1.807) is 17.5 Å². The van der Waals surface area contributed by atoms with Gasteiger partial charge < -0.3 is 10.3 Å². The molecule has 1 aromatic carbocycles. The van der Waals surface area contributed by atoms with Gasteiger partial charge in [0, 0.05) is 16.3 Å². The average Bonchev–Trinajstić information content (AvgIpc) is 3.52. The molecule has 0 unspecified atom stereocenters. The standard InChI is InChI=1S/C26H26N6OS/c1-14(2)32-24-16(13-27-32)12-18(15(3)28-24)25(33)31-26-22(17-8-4-7-11-21(17)34-26)23-29-19-9-5-6-10-20(19)30-23/h5-6,9-10,12-14H,4,7-8,11H2,1-3H3,(H,29,30)(H,31,33). The first-order chi connectivity index (χ1) is 16.5. The minimum absolute atomic E-state index is 0.153. The molecular formula is C26H26N6OS. The normalized spacial score (nSPS) is 13.6. The van der Waals surface area contributed by atoms with Crippen LogP contribution in [0.25, 0.3) is 33.5 Å². The molecule has 0 fully saturated rings. The Morgan fingerprint density at radius 3 is 2.82 bits per heavy atom. The average molecular weight is 471 g/mol. The van der Waals surface area contributed by atoms with Crippen LogP contribution < -0.4 is 5.32 Å². The number of fused-ring (bicyclic) bond motifs is 3. The third kappa shape index (κ3) is 3.40. The minimum Gasteiger partial charge on any atom is -0.338 e. The zero-order valence-corrected chi connectivity index (χ0v) is 20.3. The van der Waals surface area contributed by atoms with Gasteiger partial charge in [-0.3, -0.25) is 4.79 Å². The van der Waals surface area contributed by atoms with Crippen LogP contribution >= 0.6 is 11.3 Å². The number of benzene rings is 1. The van der Waals surface area contributed by atoms with Crippen LogP contribution in [0, 0.1) is 6.92 Å². The largest absolute Gasteiger partial charge is 0.338 e. The second-order valence-electron chi connectivity index (χ2n) is 9.19. The molecule has 0 bridgehead atoms. The Balaban J connectivity index is 1.42. The van der Waals surface area contributed by atoms with Crippen molar-refractivity contribution in [1.82, 2.24) is 24.7 Å². The number of amides is 1. The van der Waals surface area contributed by atoms with E-state index in [4.69, 9.17) is 9.97 Å². The van der Waals surface area contributed by atoms with E-state index < -0.39 is 0 Å². The number of H-pyrrole nitrogens is 1. The van der Waals surface area contributed by atoms with Gasteiger partial charge in [0.15, 0.2) is 5.65 Å². The molecule has 6 rings (SSSR count). The minimum atomic E-state index is -0.153. The number of carbonyl (C=O) groups is 1. The van der Waals surface area contributed by atoms with Crippen LogP contribution in [0.15, 0.2) is 36.5 Å². The van der Waals surface area contributed by atoms with Gasteiger partial charge in [0.25, 0.3) is 5.91 Å². The number of anilines is 1. The highest BCUT2D eigenvalue weighted by molar-refractivity contribution is 7.17. The summed E-state index contributed by atoms with van der Waals surface area (Å²) in [4.78, 5) is 27.9. The Hall–Kier alpha value is -3.52. The fourth-order valence-corrected chi connectivity index (χ4v) is 6.11. The molecule has 4 heterocycles. The molecule has 1 aliphatic carbocycles. The third-order valence-electron chi connectivity index (χ3n) is 6.52. The zero-order valence-electron chi connectivity index (χ0n) is 19.5. The Morgan fingerprint density at radius 1 is 1.18 bits per heavy atom. The first-order valence-electron chi connectivity index (χ1n) is 11.8. The number of para-hydroxylation sites is 2. The number of hydrogen-bond acceptors (Lipinski definition) is 5. The van der Waals surface area contributed by atoms with Crippen LogP contribution in [0.1, 0.15) is 59.2 Å². The van der Waals surface area contributed by atoms with Crippen LogP contribution in [0.3, 0.4) is 0 Å². The maximum Gasteiger partial charge on any atom is 0.258 e. The topological polar surface area (TPSA) is 88.5 Å². The molecule has 1 aliphatic rings. The summed E-state index contributed by atoms with van der Waals surface area (Å²) in [6.45, 7) is 6.02. The number of nitrogens with zero attached hydrogens (tertiary/aromatic N) is 4. The van der Waals surface area contributed by atoms with Gasteiger partial charge in [0.05, 0.1) is 34.1 Å². The lowest BCUT2D eigenvalue weighted by molar-refractivity contribution is 0.102.